The van der Waals surface area contributed by atoms with Gasteiger partial charge in [-0.3, -0.25) is 0 Å². The molecule has 0 spiro atoms. The fourth-order valence-corrected chi connectivity index (χ4v) is 4.01. The summed E-state index contributed by atoms with van der Waals surface area (Å²) < 4.78 is 13.8. The maximum atomic E-state index is 13.8. The lowest BCUT2D eigenvalue weighted by Gasteiger charge is -2.23. The largest absolute Gasteiger partial charge is 0.385 e. The predicted molar refractivity (Wildman–Crippen MR) is 83.1 cm³/mol. The average molecular weight is 305 g/mol. The molecule has 1 N–H and O–H groups in total. The smallest absolute Gasteiger partial charge is 0.126 e. The van der Waals surface area contributed by atoms with Crippen LogP contribution in [-0.4, -0.2) is 10.1 Å². The molecule has 0 bridgehead atoms. The van der Waals surface area contributed by atoms with Gasteiger partial charge in [0.15, 0.2) is 0 Å². The van der Waals surface area contributed by atoms with Crippen LogP contribution in [0.2, 0.25) is 0 Å². The Morgan fingerprint density at radius 2 is 2.14 bits per heavy atom. The molecular formula is C17H20FNOS. The molecule has 1 aliphatic rings. The second-order valence-electron chi connectivity index (χ2n) is 6.85. The Morgan fingerprint density at radius 3 is 2.81 bits per heavy atom. The number of hydrogen-bond donors (Lipinski definition) is 1. The van der Waals surface area contributed by atoms with Gasteiger partial charge < -0.3 is 5.11 Å². The molecule has 1 aromatic heterocycles. The molecule has 2 nitrogen and oxygen atoms in total. The van der Waals surface area contributed by atoms with Crippen molar-refractivity contribution in [2.24, 2.45) is 0 Å². The van der Waals surface area contributed by atoms with E-state index >= 15 is 0 Å². The van der Waals surface area contributed by atoms with E-state index in [1.807, 2.05) is 6.07 Å². The average Bonchev–Trinajstić information content (AvgIpc) is 2.96. The summed E-state index contributed by atoms with van der Waals surface area (Å²) in [6.07, 6.45) is 1.62. The second kappa shape index (κ2) is 4.89. The van der Waals surface area contributed by atoms with Crippen LogP contribution in [0.25, 0.3) is 0 Å². The number of hydrogen-bond acceptors (Lipinski definition) is 3. The van der Waals surface area contributed by atoms with E-state index < -0.39 is 5.60 Å². The zero-order valence-electron chi connectivity index (χ0n) is 12.6. The summed E-state index contributed by atoms with van der Waals surface area (Å²) in [4.78, 5) is 4.65. The zero-order valence-corrected chi connectivity index (χ0v) is 13.4. The summed E-state index contributed by atoms with van der Waals surface area (Å²) in [6, 6.07) is 4.97. The number of benzene rings is 1. The summed E-state index contributed by atoms with van der Waals surface area (Å²) in [5.41, 5.74) is 1.47. The number of aromatic nitrogens is 1. The Bertz CT molecular complexity index is 674. The van der Waals surface area contributed by atoms with Gasteiger partial charge in [-0.1, -0.05) is 32.9 Å². The Labute approximate surface area is 128 Å². The molecule has 0 fully saturated rings. The quantitative estimate of drug-likeness (QED) is 0.911. The van der Waals surface area contributed by atoms with Crippen molar-refractivity contribution in [3.05, 3.63) is 51.2 Å². The van der Waals surface area contributed by atoms with Gasteiger partial charge in [0.1, 0.15) is 5.82 Å². The number of nitrogens with zero attached hydrogens (tertiary/aromatic N) is 1. The van der Waals surface area contributed by atoms with Crippen molar-refractivity contribution in [3.63, 3.8) is 0 Å². The van der Waals surface area contributed by atoms with Gasteiger partial charge in [0, 0.05) is 17.2 Å². The molecule has 0 radical (unpaired) electrons. The fraction of sp³-hybridized carbons (Fsp3) is 0.471. The van der Waals surface area contributed by atoms with Crippen LogP contribution in [0.4, 0.5) is 4.39 Å². The SMILES string of the molecule is CC(C)(C)c1csc(CC2(O)CCc3c(F)cccc32)n1. The van der Waals surface area contributed by atoms with Gasteiger partial charge in [-0.05, 0) is 30.0 Å². The van der Waals surface area contributed by atoms with Crippen molar-refractivity contribution >= 4 is 11.3 Å². The molecule has 0 amide bonds. The van der Waals surface area contributed by atoms with Gasteiger partial charge >= 0.3 is 0 Å². The summed E-state index contributed by atoms with van der Waals surface area (Å²) in [7, 11) is 0. The van der Waals surface area contributed by atoms with Gasteiger partial charge in [-0.15, -0.1) is 11.3 Å². The van der Waals surface area contributed by atoms with E-state index in [0.29, 0.717) is 24.8 Å². The molecule has 112 valence electrons. The highest BCUT2D eigenvalue weighted by Gasteiger charge is 2.39. The van der Waals surface area contributed by atoms with Crippen LogP contribution in [0.5, 0.6) is 0 Å². The number of thiazole rings is 1. The molecule has 4 heteroatoms. The van der Waals surface area contributed by atoms with Crippen molar-refractivity contribution in [1.29, 1.82) is 0 Å². The van der Waals surface area contributed by atoms with Gasteiger partial charge in [0.2, 0.25) is 0 Å². The normalized spacial score (nSPS) is 21.6. The van der Waals surface area contributed by atoms with E-state index in [1.54, 1.807) is 17.4 Å². The molecular weight excluding hydrogens is 285 g/mol. The summed E-state index contributed by atoms with van der Waals surface area (Å²) in [6.45, 7) is 6.38. The lowest BCUT2D eigenvalue weighted by Crippen LogP contribution is -2.25. The summed E-state index contributed by atoms with van der Waals surface area (Å²) in [5, 5.41) is 13.9. The molecule has 1 aliphatic carbocycles. The molecule has 1 heterocycles. The minimum Gasteiger partial charge on any atom is -0.385 e. The first-order valence-corrected chi connectivity index (χ1v) is 8.13. The van der Waals surface area contributed by atoms with Crippen LogP contribution >= 0.6 is 11.3 Å². The van der Waals surface area contributed by atoms with E-state index in [2.05, 4.69) is 31.1 Å². The second-order valence-corrected chi connectivity index (χ2v) is 7.79. The highest BCUT2D eigenvalue weighted by atomic mass is 32.1. The molecule has 0 saturated carbocycles. The monoisotopic (exact) mass is 305 g/mol. The summed E-state index contributed by atoms with van der Waals surface area (Å²) >= 11 is 1.58. The third-order valence-corrected chi connectivity index (χ3v) is 5.02. The molecule has 2 aromatic rings. The topological polar surface area (TPSA) is 33.1 Å². The Hall–Kier alpha value is -1.26. The zero-order chi connectivity index (χ0) is 15.3. The third kappa shape index (κ3) is 2.62. The van der Waals surface area contributed by atoms with Crippen LogP contribution in [0.15, 0.2) is 23.6 Å². The van der Waals surface area contributed by atoms with Crippen LogP contribution < -0.4 is 0 Å². The minimum absolute atomic E-state index is 0.0110. The molecule has 0 saturated heterocycles. The lowest BCUT2D eigenvalue weighted by atomic mass is 9.92. The van der Waals surface area contributed by atoms with Crippen LogP contribution in [0.1, 0.15) is 49.0 Å². The maximum absolute atomic E-state index is 13.8. The Balaban J connectivity index is 1.90. The van der Waals surface area contributed by atoms with E-state index in [4.69, 9.17) is 0 Å². The minimum atomic E-state index is -0.982. The van der Waals surface area contributed by atoms with Crippen molar-refractivity contribution in [2.75, 3.05) is 0 Å². The first-order valence-electron chi connectivity index (χ1n) is 7.25. The fourth-order valence-electron chi connectivity index (χ4n) is 2.89. The first-order chi connectivity index (χ1) is 9.79. The molecule has 1 aromatic carbocycles. The predicted octanol–water partition coefficient (Wildman–Crippen LogP) is 3.96. The van der Waals surface area contributed by atoms with Crippen LogP contribution in [0, 0.1) is 5.82 Å². The van der Waals surface area contributed by atoms with Crippen molar-refractivity contribution < 1.29 is 9.50 Å². The lowest BCUT2D eigenvalue weighted by molar-refractivity contribution is 0.0388. The molecule has 0 aliphatic heterocycles. The summed E-state index contributed by atoms with van der Waals surface area (Å²) in [5.74, 6) is -0.210. The number of halogens is 1. The van der Waals surface area contributed by atoms with Gasteiger partial charge in [0.25, 0.3) is 0 Å². The standard InChI is InChI=1S/C17H20FNOS/c1-16(2,3)14-10-21-15(19-14)9-17(20)8-7-11-12(17)5-4-6-13(11)18/h4-6,10,20H,7-9H2,1-3H3. The highest BCUT2D eigenvalue weighted by molar-refractivity contribution is 7.09. The van der Waals surface area contributed by atoms with Crippen LogP contribution in [0.3, 0.4) is 0 Å². The van der Waals surface area contributed by atoms with Crippen molar-refractivity contribution in [2.45, 2.75) is 51.0 Å². The molecule has 1 atom stereocenters. The number of fused-ring (bicyclic) bond motifs is 1. The van der Waals surface area contributed by atoms with E-state index in [-0.39, 0.29) is 11.2 Å². The highest BCUT2D eigenvalue weighted by Crippen LogP contribution is 2.41. The molecule has 1 unspecified atom stereocenters. The third-order valence-electron chi connectivity index (χ3n) is 4.17. The Kier molecular flexibility index (Phi) is 3.41. The van der Waals surface area contributed by atoms with Crippen molar-refractivity contribution in [3.8, 4) is 0 Å². The van der Waals surface area contributed by atoms with Crippen LogP contribution in [-0.2, 0) is 23.9 Å². The van der Waals surface area contributed by atoms with Gasteiger partial charge in [-0.25, -0.2) is 9.37 Å². The number of rotatable bonds is 2. The maximum Gasteiger partial charge on any atom is 0.126 e. The molecule has 21 heavy (non-hydrogen) atoms. The van der Waals surface area contributed by atoms with E-state index in [9.17, 15) is 9.50 Å². The van der Waals surface area contributed by atoms with E-state index in [0.717, 1.165) is 16.3 Å². The van der Waals surface area contributed by atoms with E-state index in [1.165, 1.54) is 6.07 Å². The molecule has 3 rings (SSSR count). The Morgan fingerprint density at radius 1 is 1.38 bits per heavy atom. The number of aliphatic hydroxyl groups is 1. The van der Waals surface area contributed by atoms with Crippen molar-refractivity contribution in [1.82, 2.24) is 4.98 Å². The van der Waals surface area contributed by atoms with Gasteiger partial charge in [0.05, 0.1) is 16.3 Å². The van der Waals surface area contributed by atoms with Gasteiger partial charge in [-0.2, -0.15) is 0 Å². The first kappa shape index (κ1) is 14.7.